The lowest BCUT2D eigenvalue weighted by Gasteiger charge is -2.23. The number of nitrogens with zero attached hydrogens (tertiary/aromatic N) is 3. The van der Waals surface area contributed by atoms with Gasteiger partial charge in [-0.2, -0.15) is 13.2 Å². The minimum absolute atomic E-state index is 0.192. The fourth-order valence-electron chi connectivity index (χ4n) is 4.75. The van der Waals surface area contributed by atoms with Crippen molar-refractivity contribution in [3.63, 3.8) is 0 Å². The van der Waals surface area contributed by atoms with Crippen molar-refractivity contribution in [2.45, 2.75) is 56.0 Å². The molecule has 1 aromatic carbocycles. The first kappa shape index (κ1) is 27.2. The van der Waals surface area contributed by atoms with Gasteiger partial charge in [-0.3, -0.25) is 14.8 Å². The normalized spacial score (nSPS) is 17.0. The Balaban J connectivity index is 1.14. The van der Waals surface area contributed by atoms with Crippen LogP contribution in [0.5, 0.6) is 0 Å². The highest BCUT2D eigenvalue weighted by atomic mass is 32.2. The van der Waals surface area contributed by atoms with E-state index >= 15 is 0 Å². The molecule has 1 amide bonds. The number of aromatic nitrogens is 2. The van der Waals surface area contributed by atoms with Gasteiger partial charge in [-0.1, -0.05) is 24.3 Å². The van der Waals surface area contributed by atoms with E-state index in [-0.39, 0.29) is 5.91 Å². The number of hydrogen-bond donors (Lipinski definition) is 1. The highest BCUT2D eigenvalue weighted by Gasteiger charge is 2.41. The Kier molecular flexibility index (Phi) is 8.20. The average Bonchev–Trinajstić information content (AvgIpc) is 3.59. The average molecular weight is 557 g/mol. The van der Waals surface area contributed by atoms with E-state index in [2.05, 4.69) is 15.3 Å². The van der Waals surface area contributed by atoms with Gasteiger partial charge in [-0.15, -0.1) is 4.31 Å². The number of benzene rings is 1. The first-order chi connectivity index (χ1) is 18.8. The van der Waals surface area contributed by atoms with Crippen molar-refractivity contribution in [2.24, 2.45) is 0 Å². The van der Waals surface area contributed by atoms with Gasteiger partial charge in [0.25, 0.3) is 0 Å². The summed E-state index contributed by atoms with van der Waals surface area (Å²) in [6, 6.07) is 13.3. The molecule has 0 aliphatic carbocycles. The summed E-state index contributed by atoms with van der Waals surface area (Å²) in [5.41, 5.74) is 2.27. The van der Waals surface area contributed by atoms with Crippen molar-refractivity contribution in [1.82, 2.24) is 19.6 Å². The van der Waals surface area contributed by atoms with Crippen LogP contribution in [0.25, 0.3) is 11.0 Å². The highest BCUT2D eigenvalue weighted by molar-refractivity contribution is 7.89. The molecule has 1 aliphatic rings. The Hall–Kier alpha value is -3.41. The predicted molar refractivity (Wildman–Crippen MR) is 140 cm³/mol. The zero-order chi connectivity index (χ0) is 27.4. The number of furan rings is 1. The Labute approximate surface area is 226 Å². The van der Waals surface area contributed by atoms with Gasteiger partial charge >= 0.3 is 11.3 Å². The first-order valence-corrected chi connectivity index (χ1v) is 13.8. The van der Waals surface area contributed by atoms with Crippen LogP contribution in [0, 0.1) is 0 Å². The molecule has 1 aliphatic heterocycles. The molecule has 3 aromatic heterocycles. The maximum absolute atomic E-state index is 13.2. The number of alkyl halides is 3. The molecule has 0 spiro atoms. The van der Waals surface area contributed by atoms with Crippen LogP contribution in [0.3, 0.4) is 0 Å². The van der Waals surface area contributed by atoms with Crippen molar-refractivity contribution in [2.75, 3.05) is 6.54 Å². The van der Waals surface area contributed by atoms with Crippen molar-refractivity contribution in [3.05, 3.63) is 89.5 Å². The number of amides is 1. The van der Waals surface area contributed by atoms with Crippen molar-refractivity contribution >= 4 is 28.2 Å². The number of aryl methyl sites for hydroxylation is 2. The Morgan fingerprint density at radius 1 is 1.10 bits per heavy atom. The number of rotatable bonds is 9. The topological polar surface area (TPSA) is 94.3 Å². The molecule has 4 aromatic rings. The Bertz CT molecular complexity index is 1410. The quantitative estimate of drug-likeness (QED) is 0.284. The molecular formula is C28H27F3N4O3S. The predicted octanol–water partition coefficient (Wildman–Crippen LogP) is 5.22. The summed E-state index contributed by atoms with van der Waals surface area (Å²) >= 11 is -1.61. The molecule has 2 atom stereocenters. The molecule has 39 heavy (non-hydrogen) atoms. The lowest BCUT2D eigenvalue weighted by atomic mass is 10.0. The number of hydrogen-bond acceptors (Lipinski definition) is 6. The molecule has 5 rings (SSSR count). The molecule has 2 unspecified atom stereocenters. The van der Waals surface area contributed by atoms with Crippen molar-refractivity contribution < 1.29 is 26.9 Å². The maximum atomic E-state index is 13.2. The van der Waals surface area contributed by atoms with Gasteiger partial charge in [0.2, 0.25) is 5.91 Å². The van der Waals surface area contributed by atoms with Gasteiger partial charge in [0.15, 0.2) is 0 Å². The molecule has 11 heteroatoms. The summed E-state index contributed by atoms with van der Waals surface area (Å²) in [6.45, 7) is 0.844. The van der Waals surface area contributed by atoms with E-state index in [1.165, 1.54) is 6.20 Å². The van der Waals surface area contributed by atoms with E-state index in [0.29, 0.717) is 55.0 Å². The van der Waals surface area contributed by atoms with Gasteiger partial charge < -0.3 is 14.3 Å². The van der Waals surface area contributed by atoms with E-state index < -0.39 is 29.3 Å². The van der Waals surface area contributed by atoms with Crippen LogP contribution in [0.4, 0.5) is 13.2 Å². The molecule has 204 valence electrons. The van der Waals surface area contributed by atoms with Crippen LogP contribution in [0.1, 0.15) is 41.6 Å². The second-order valence-corrected chi connectivity index (χ2v) is 10.8. The van der Waals surface area contributed by atoms with E-state index in [0.717, 1.165) is 29.0 Å². The molecule has 0 bridgehead atoms. The maximum Gasteiger partial charge on any atom is 0.433 e. The highest BCUT2D eigenvalue weighted by Crippen LogP contribution is 2.30. The third kappa shape index (κ3) is 6.60. The SMILES string of the molecule is O=C(NCc1cccc(CCCc2ccnc(C(F)(F)F)c2)c1)C1CCCN1[S+]([O-])c1cc2cnccc2o1. The van der Waals surface area contributed by atoms with E-state index in [1.807, 2.05) is 24.3 Å². The standard InChI is InChI=1S/C28H27F3N4O3S/c29-28(30,31)25-15-20(9-12-33-25)6-1-4-19-5-2-7-21(14-19)17-34-27(36)23-8-3-13-35(23)39(37)26-16-22-18-32-11-10-24(22)38-26/h2,5,7,9-12,14-16,18,23H,1,3-4,6,8,13,17H2,(H,34,36). The minimum Gasteiger partial charge on any atom is -0.590 e. The second kappa shape index (κ2) is 11.8. The van der Waals surface area contributed by atoms with Gasteiger partial charge in [-0.05, 0) is 67.0 Å². The summed E-state index contributed by atoms with van der Waals surface area (Å²) < 4.78 is 59.3. The molecule has 1 N–H and O–H groups in total. The van der Waals surface area contributed by atoms with Gasteiger partial charge in [0.1, 0.15) is 28.7 Å². The largest absolute Gasteiger partial charge is 0.590 e. The lowest BCUT2D eigenvalue weighted by Crippen LogP contribution is -2.45. The monoisotopic (exact) mass is 556 g/mol. The molecule has 4 heterocycles. The van der Waals surface area contributed by atoms with Crippen LogP contribution < -0.4 is 5.32 Å². The third-order valence-corrected chi connectivity index (χ3v) is 8.10. The molecule has 7 nitrogen and oxygen atoms in total. The summed E-state index contributed by atoms with van der Waals surface area (Å²) in [6.07, 6.45) is 3.21. The fraction of sp³-hybridized carbons (Fsp3) is 0.321. The van der Waals surface area contributed by atoms with Crippen LogP contribution >= 0.6 is 0 Å². The van der Waals surface area contributed by atoms with Gasteiger partial charge in [0, 0.05) is 43.1 Å². The minimum atomic E-state index is -4.45. The molecular weight excluding hydrogens is 529 g/mol. The van der Waals surface area contributed by atoms with Crippen LogP contribution in [-0.2, 0) is 41.7 Å². The van der Waals surface area contributed by atoms with E-state index in [1.54, 1.807) is 34.9 Å². The lowest BCUT2D eigenvalue weighted by molar-refractivity contribution is -0.141. The number of nitrogens with one attached hydrogen (secondary N) is 1. The Morgan fingerprint density at radius 2 is 1.90 bits per heavy atom. The van der Waals surface area contributed by atoms with Crippen LogP contribution in [0.15, 0.2) is 76.6 Å². The smallest absolute Gasteiger partial charge is 0.433 e. The van der Waals surface area contributed by atoms with Crippen molar-refractivity contribution in [1.29, 1.82) is 0 Å². The van der Waals surface area contributed by atoms with E-state index in [9.17, 15) is 22.5 Å². The van der Waals surface area contributed by atoms with Crippen LogP contribution in [-0.4, -0.2) is 37.3 Å². The molecule has 1 saturated heterocycles. The fourth-order valence-corrected chi connectivity index (χ4v) is 6.09. The number of fused-ring (bicyclic) bond motifs is 1. The Morgan fingerprint density at radius 3 is 2.69 bits per heavy atom. The van der Waals surface area contributed by atoms with Crippen molar-refractivity contribution in [3.8, 4) is 0 Å². The number of halogens is 3. The summed E-state index contributed by atoms with van der Waals surface area (Å²) in [4.78, 5) is 20.5. The molecule has 1 fully saturated rings. The first-order valence-electron chi connectivity index (χ1n) is 12.7. The zero-order valence-electron chi connectivity index (χ0n) is 21.0. The second-order valence-electron chi connectivity index (χ2n) is 9.47. The molecule has 0 saturated carbocycles. The van der Waals surface area contributed by atoms with Gasteiger partial charge in [0.05, 0.1) is 0 Å². The van der Waals surface area contributed by atoms with Gasteiger partial charge in [-0.25, -0.2) is 0 Å². The molecule has 0 radical (unpaired) electrons. The van der Waals surface area contributed by atoms with E-state index in [4.69, 9.17) is 4.42 Å². The number of carbonyl (C=O) groups excluding carboxylic acids is 1. The third-order valence-electron chi connectivity index (χ3n) is 6.69. The summed E-state index contributed by atoms with van der Waals surface area (Å²) in [7, 11) is 0. The summed E-state index contributed by atoms with van der Waals surface area (Å²) in [5, 5.41) is 4.02. The van der Waals surface area contributed by atoms with Crippen LogP contribution in [0.2, 0.25) is 0 Å². The number of pyridine rings is 2. The number of carbonyl (C=O) groups is 1. The summed E-state index contributed by atoms with van der Waals surface area (Å²) in [5.74, 6) is -0.192. The zero-order valence-corrected chi connectivity index (χ0v) is 21.8.